The number of amides is 1. The van der Waals surface area contributed by atoms with Crippen LogP contribution in [0.1, 0.15) is 49.7 Å². The monoisotopic (exact) mass is 392 g/mol. The van der Waals surface area contributed by atoms with Gasteiger partial charge in [-0.1, -0.05) is 13.8 Å². The Hall–Kier alpha value is -2.93. The normalized spacial score (nSPS) is 23.4. The number of nitrogens with zero attached hydrogens (tertiary/aromatic N) is 3. The molecule has 29 heavy (non-hydrogen) atoms. The molecule has 1 aliphatic carbocycles. The molecule has 3 aromatic heterocycles. The summed E-state index contributed by atoms with van der Waals surface area (Å²) in [6.07, 6.45) is 7.10. The topological polar surface area (TPSA) is 111 Å². The third kappa shape index (κ3) is 3.15. The zero-order valence-corrected chi connectivity index (χ0v) is 17.4. The number of aromatic nitrogens is 3. The van der Waals surface area contributed by atoms with Crippen LogP contribution < -0.4 is 16.8 Å². The Morgan fingerprint density at radius 1 is 1.28 bits per heavy atom. The van der Waals surface area contributed by atoms with Crippen molar-refractivity contribution in [1.29, 1.82) is 0 Å². The van der Waals surface area contributed by atoms with E-state index in [0.717, 1.165) is 35.2 Å². The van der Waals surface area contributed by atoms with Gasteiger partial charge >= 0.3 is 0 Å². The lowest BCUT2D eigenvalue weighted by molar-refractivity contribution is 0.100. The first kappa shape index (κ1) is 19.4. The summed E-state index contributed by atoms with van der Waals surface area (Å²) in [6, 6.07) is 6.13. The number of rotatable bonds is 4. The van der Waals surface area contributed by atoms with E-state index >= 15 is 0 Å². The summed E-state index contributed by atoms with van der Waals surface area (Å²) in [5, 5.41) is 8.01. The molecule has 1 fully saturated rings. The molecule has 1 amide bonds. The summed E-state index contributed by atoms with van der Waals surface area (Å²) in [6.45, 7) is 8.39. The van der Waals surface area contributed by atoms with Gasteiger partial charge in [-0.05, 0) is 50.5 Å². The number of aryl methyl sites for hydroxylation is 1. The number of fused-ring (bicyclic) bond motifs is 1. The van der Waals surface area contributed by atoms with Crippen molar-refractivity contribution in [3.63, 3.8) is 0 Å². The van der Waals surface area contributed by atoms with Gasteiger partial charge in [0, 0.05) is 40.6 Å². The zero-order chi connectivity index (χ0) is 21.0. The second-order valence-electron chi connectivity index (χ2n) is 8.92. The number of carbonyl (C=O) groups is 1. The largest absolute Gasteiger partial charge is 0.379 e. The molecule has 0 bridgehead atoms. The van der Waals surface area contributed by atoms with E-state index in [1.54, 1.807) is 10.7 Å². The highest BCUT2D eigenvalue weighted by Gasteiger charge is 2.49. The third-order valence-electron chi connectivity index (χ3n) is 6.75. The van der Waals surface area contributed by atoms with Crippen molar-refractivity contribution in [2.24, 2.45) is 16.9 Å². The molecule has 0 spiro atoms. The summed E-state index contributed by atoms with van der Waals surface area (Å²) in [5.74, 6) is -0.503. The molecule has 152 valence electrons. The van der Waals surface area contributed by atoms with E-state index < -0.39 is 5.91 Å². The minimum absolute atomic E-state index is 0.114. The average Bonchev–Trinajstić information content (AvgIpc) is 3.16. The summed E-state index contributed by atoms with van der Waals surface area (Å²) in [5.41, 5.74) is 16.7. The Bertz CT molecular complexity index is 1100. The summed E-state index contributed by atoms with van der Waals surface area (Å²) in [4.78, 5) is 16.4. The predicted octanol–water partition coefficient (Wildman–Crippen LogP) is 3.12. The average molecular weight is 393 g/mol. The Balaban J connectivity index is 1.83. The van der Waals surface area contributed by atoms with Crippen LogP contribution in [0, 0.1) is 12.3 Å². The fraction of sp³-hybridized carbons (Fsp3) is 0.409. The molecule has 2 atom stereocenters. The van der Waals surface area contributed by atoms with Gasteiger partial charge in [0.25, 0.3) is 5.91 Å². The molecule has 0 saturated heterocycles. The molecule has 3 heterocycles. The van der Waals surface area contributed by atoms with Crippen LogP contribution in [0.5, 0.6) is 0 Å². The summed E-state index contributed by atoms with van der Waals surface area (Å²) in [7, 11) is 0. The molecular formula is C22H28N6O. The van der Waals surface area contributed by atoms with Crippen molar-refractivity contribution in [2.45, 2.75) is 52.1 Å². The highest BCUT2D eigenvalue weighted by molar-refractivity contribution is 6.02. The van der Waals surface area contributed by atoms with E-state index in [1.807, 2.05) is 31.3 Å². The van der Waals surface area contributed by atoms with Gasteiger partial charge in [-0.3, -0.25) is 9.78 Å². The van der Waals surface area contributed by atoms with Crippen LogP contribution in [-0.2, 0) is 0 Å². The fourth-order valence-electron chi connectivity index (χ4n) is 4.23. The Labute approximate surface area is 170 Å². The molecule has 0 radical (unpaired) electrons. The number of anilines is 1. The molecule has 1 aliphatic rings. The van der Waals surface area contributed by atoms with E-state index in [0.29, 0.717) is 11.3 Å². The molecule has 0 aromatic carbocycles. The van der Waals surface area contributed by atoms with Crippen molar-refractivity contribution in [1.82, 2.24) is 14.6 Å². The van der Waals surface area contributed by atoms with Gasteiger partial charge < -0.3 is 16.8 Å². The number of nitrogens with two attached hydrogens (primary N) is 2. The van der Waals surface area contributed by atoms with Gasteiger partial charge in [0.1, 0.15) is 0 Å². The minimum atomic E-state index is -0.503. The lowest BCUT2D eigenvalue weighted by Crippen LogP contribution is -2.51. The Kier molecular flexibility index (Phi) is 4.38. The summed E-state index contributed by atoms with van der Waals surface area (Å²) >= 11 is 0. The first-order valence-electron chi connectivity index (χ1n) is 9.90. The number of hydrogen-bond donors (Lipinski definition) is 3. The molecular weight excluding hydrogens is 364 g/mol. The van der Waals surface area contributed by atoms with E-state index in [2.05, 4.69) is 36.2 Å². The van der Waals surface area contributed by atoms with E-state index in [1.165, 1.54) is 6.20 Å². The maximum Gasteiger partial charge on any atom is 0.252 e. The lowest BCUT2D eigenvalue weighted by Gasteiger charge is -2.39. The molecule has 0 unspecified atom stereocenters. The van der Waals surface area contributed by atoms with Crippen LogP contribution in [0.25, 0.3) is 16.6 Å². The SMILES string of the molecule is Cc1cc(-c2cc3c(N[C@@H]4CC[C@](C)(N)C4(C)C)c(C(N)=O)cnn3c2)ccn1. The van der Waals surface area contributed by atoms with Crippen LogP contribution in [0.3, 0.4) is 0 Å². The van der Waals surface area contributed by atoms with Crippen molar-refractivity contribution in [3.05, 3.63) is 48.0 Å². The first-order valence-corrected chi connectivity index (χ1v) is 9.90. The fourth-order valence-corrected chi connectivity index (χ4v) is 4.23. The van der Waals surface area contributed by atoms with Gasteiger partial charge in [-0.25, -0.2) is 4.52 Å². The van der Waals surface area contributed by atoms with Crippen LogP contribution in [0.2, 0.25) is 0 Å². The maximum absolute atomic E-state index is 12.1. The Morgan fingerprint density at radius 2 is 2.03 bits per heavy atom. The Morgan fingerprint density at radius 3 is 2.66 bits per heavy atom. The van der Waals surface area contributed by atoms with Crippen LogP contribution >= 0.6 is 0 Å². The van der Waals surface area contributed by atoms with Crippen molar-refractivity contribution >= 4 is 17.1 Å². The number of primary amides is 1. The van der Waals surface area contributed by atoms with Crippen LogP contribution in [0.4, 0.5) is 5.69 Å². The number of carbonyl (C=O) groups excluding carboxylic acids is 1. The maximum atomic E-state index is 12.1. The second kappa shape index (κ2) is 6.56. The molecule has 5 N–H and O–H groups in total. The molecule has 3 aromatic rings. The van der Waals surface area contributed by atoms with Crippen LogP contribution in [-0.4, -0.2) is 32.1 Å². The standard InChI is InChI=1S/C22H28N6O/c1-13-9-14(6-8-25-13)15-10-17-19(16(20(23)29)11-26-28(17)12-15)27-18-5-7-22(4,24)21(18,2)3/h6,8-12,18,27H,5,7,24H2,1-4H3,(H2,23,29)/t18-,22+/m1/s1. The van der Waals surface area contributed by atoms with Crippen LogP contribution in [0.15, 0.2) is 36.8 Å². The first-order chi connectivity index (χ1) is 13.6. The molecule has 7 nitrogen and oxygen atoms in total. The van der Waals surface area contributed by atoms with Gasteiger partial charge in [-0.15, -0.1) is 0 Å². The molecule has 1 saturated carbocycles. The predicted molar refractivity (Wildman–Crippen MR) is 115 cm³/mol. The number of nitrogens with one attached hydrogen (secondary N) is 1. The zero-order valence-electron chi connectivity index (χ0n) is 17.4. The number of hydrogen-bond acceptors (Lipinski definition) is 5. The number of pyridine rings is 1. The van der Waals surface area contributed by atoms with Gasteiger partial charge in [0.05, 0.1) is 23.0 Å². The highest BCUT2D eigenvalue weighted by atomic mass is 16.1. The molecule has 0 aliphatic heterocycles. The quantitative estimate of drug-likeness (QED) is 0.632. The molecule has 4 rings (SSSR count). The second-order valence-corrected chi connectivity index (χ2v) is 8.92. The van der Waals surface area contributed by atoms with Gasteiger partial charge in [0.15, 0.2) is 0 Å². The van der Waals surface area contributed by atoms with E-state index in [9.17, 15) is 4.79 Å². The lowest BCUT2D eigenvalue weighted by atomic mass is 9.75. The van der Waals surface area contributed by atoms with Gasteiger partial charge in [-0.2, -0.15) is 5.10 Å². The van der Waals surface area contributed by atoms with Crippen molar-refractivity contribution < 1.29 is 4.79 Å². The van der Waals surface area contributed by atoms with E-state index in [4.69, 9.17) is 11.5 Å². The third-order valence-corrected chi connectivity index (χ3v) is 6.75. The molecule has 7 heteroatoms. The van der Waals surface area contributed by atoms with Gasteiger partial charge in [0.2, 0.25) is 0 Å². The van der Waals surface area contributed by atoms with Crippen molar-refractivity contribution in [2.75, 3.05) is 5.32 Å². The minimum Gasteiger partial charge on any atom is -0.379 e. The van der Waals surface area contributed by atoms with E-state index in [-0.39, 0.29) is 17.0 Å². The highest BCUT2D eigenvalue weighted by Crippen LogP contribution is 2.46. The van der Waals surface area contributed by atoms with Crippen molar-refractivity contribution in [3.8, 4) is 11.1 Å². The smallest absolute Gasteiger partial charge is 0.252 e. The summed E-state index contributed by atoms with van der Waals surface area (Å²) < 4.78 is 1.78.